The van der Waals surface area contributed by atoms with Gasteiger partial charge in [0.2, 0.25) is 0 Å². The lowest BCUT2D eigenvalue weighted by Crippen LogP contribution is -2.12. The van der Waals surface area contributed by atoms with Crippen LogP contribution >= 0.6 is 0 Å². The van der Waals surface area contributed by atoms with Gasteiger partial charge in [-0.2, -0.15) is 0 Å². The summed E-state index contributed by atoms with van der Waals surface area (Å²) < 4.78 is 9.24. The lowest BCUT2D eigenvalue weighted by Gasteiger charge is -1.99. The topological polar surface area (TPSA) is 35.5 Å². The van der Waals surface area contributed by atoms with Gasteiger partial charge in [0.15, 0.2) is 6.61 Å². The van der Waals surface area contributed by atoms with Crippen LogP contribution in [-0.2, 0) is 14.3 Å². The maximum Gasteiger partial charge on any atom is 0.333 e. The van der Waals surface area contributed by atoms with Crippen LogP contribution in [0.5, 0.6) is 0 Å². The minimum Gasteiger partial charge on any atom is -0.451 e. The third-order valence-electron chi connectivity index (χ3n) is 0.741. The zero-order valence-electron chi connectivity index (χ0n) is 5.92. The Kier molecular flexibility index (Phi) is 5.50. The zero-order valence-corrected chi connectivity index (χ0v) is 5.92. The van der Waals surface area contributed by atoms with Gasteiger partial charge in [-0.05, 0) is 6.92 Å². The quantitative estimate of drug-likeness (QED) is 0.415. The Balaban J connectivity index is 3.19. The fourth-order valence-electron chi connectivity index (χ4n) is 0.349. The molecule has 0 N–H and O–H groups in total. The average molecular weight is 142 g/mol. The number of terminal acetylenes is 1. The molecule has 3 heteroatoms. The maximum atomic E-state index is 10.5. The first kappa shape index (κ1) is 8.99. The van der Waals surface area contributed by atoms with Gasteiger partial charge < -0.3 is 9.47 Å². The van der Waals surface area contributed by atoms with Gasteiger partial charge in [-0.1, -0.05) is 5.92 Å². The number of hydrogen-bond acceptors (Lipinski definition) is 3. The van der Waals surface area contributed by atoms with Gasteiger partial charge in [0.05, 0.1) is 0 Å². The highest BCUT2D eigenvalue weighted by atomic mass is 16.6. The Morgan fingerprint density at radius 1 is 1.70 bits per heavy atom. The maximum absolute atomic E-state index is 10.5. The molecule has 0 atom stereocenters. The van der Waals surface area contributed by atoms with Crippen LogP contribution in [0.2, 0.25) is 0 Å². The summed E-state index contributed by atoms with van der Waals surface area (Å²) in [4.78, 5) is 10.5. The number of hydrogen-bond donors (Lipinski definition) is 0. The van der Waals surface area contributed by atoms with Crippen LogP contribution in [0.15, 0.2) is 0 Å². The molecule has 0 saturated heterocycles. The molecule has 0 bridgehead atoms. The molecule has 3 nitrogen and oxygen atoms in total. The minimum absolute atomic E-state index is 0.0157. The molecular weight excluding hydrogens is 132 g/mol. The van der Waals surface area contributed by atoms with Crippen molar-refractivity contribution in [3.63, 3.8) is 0 Å². The van der Waals surface area contributed by atoms with Crippen molar-refractivity contribution in [2.24, 2.45) is 0 Å². The van der Waals surface area contributed by atoms with Gasteiger partial charge in [0.25, 0.3) is 0 Å². The van der Waals surface area contributed by atoms with E-state index in [1.165, 1.54) is 0 Å². The summed E-state index contributed by atoms with van der Waals surface area (Å²) in [5, 5.41) is 0. The molecule has 0 aliphatic carbocycles. The van der Waals surface area contributed by atoms with E-state index in [-0.39, 0.29) is 13.2 Å². The van der Waals surface area contributed by atoms with E-state index in [1.807, 2.05) is 0 Å². The molecule has 0 rings (SSSR count). The van der Waals surface area contributed by atoms with E-state index >= 15 is 0 Å². The van der Waals surface area contributed by atoms with E-state index in [4.69, 9.17) is 11.2 Å². The molecular formula is C7H10O3. The molecule has 0 aliphatic heterocycles. The molecule has 0 aromatic rings. The zero-order chi connectivity index (χ0) is 7.82. The normalized spacial score (nSPS) is 8.40. The van der Waals surface area contributed by atoms with Crippen LogP contribution in [0.3, 0.4) is 0 Å². The first-order chi connectivity index (χ1) is 4.81. The number of ether oxygens (including phenoxy) is 2. The highest BCUT2D eigenvalue weighted by Crippen LogP contribution is 1.79. The number of carbonyl (C=O) groups is 1. The Morgan fingerprint density at radius 3 is 2.90 bits per heavy atom. The van der Waals surface area contributed by atoms with Crippen molar-refractivity contribution in [1.82, 2.24) is 0 Å². The van der Waals surface area contributed by atoms with Crippen LogP contribution in [0, 0.1) is 12.3 Å². The second-order valence-electron chi connectivity index (χ2n) is 1.50. The average Bonchev–Trinajstić information content (AvgIpc) is 1.97. The van der Waals surface area contributed by atoms with E-state index in [0.717, 1.165) is 0 Å². The van der Waals surface area contributed by atoms with Crippen LogP contribution in [0.25, 0.3) is 0 Å². The Labute approximate surface area is 60.3 Å². The van der Waals surface area contributed by atoms with Crippen molar-refractivity contribution in [3.05, 3.63) is 0 Å². The smallest absolute Gasteiger partial charge is 0.333 e. The van der Waals surface area contributed by atoms with Crippen molar-refractivity contribution < 1.29 is 14.3 Å². The van der Waals surface area contributed by atoms with E-state index in [9.17, 15) is 4.79 Å². The van der Waals surface area contributed by atoms with E-state index < -0.39 is 5.97 Å². The molecule has 0 spiro atoms. The van der Waals surface area contributed by atoms with Gasteiger partial charge in [0, 0.05) is 6.61 Å². The largest absolute Gasteiger partial charge is 0.451 e. The summed E-state index contributed by atoms with van der Waals surface area (Å²) in [5.74, 6) is 1.76. The van der Waals surface area contributed by atoms with E-state index in [0.29, 0.717) is 6.61 Å². The Bertz CT molecular complexity index is 134. The third-order valence-corrected chi connectivity index (χ3v) is 0.741. The molecule has 0 aromatic heterocycles. The highest BCUT2D eigenvalue weighted by Gasteiger charge is 1.98. The first-order valence-corrected chi connectivity index (χ1v) is 2.98. The highest BCUT2D eigenvalue weighted by molar-refractivity contribution is 5.70. The molecule has 0 aromatic carbocycles. The third kappa shape index (κ3) is 5.13. The van der Waals surface area contributed by atoms with Gasteiger partial charge in [0.1, 0.15) is 6.61 Å². The number of esters is 1. The van der Waals surface area contributed by atoms with Gasteiger partial charge >= 0.3 is 5.97 Å². The molecule has 0 fully saturated rings. The molecule has 0 amide bonds. The number of rotatable bonds is 4. The second-order valence-corrected chi connectivity index (χ2v) is 1.50. The van der Waals surface area contributed by atoms with Crippen LogP contribution in [0.4, 0.5) is 0 Å². The monoisotopic (exact) mass is 142 g/mol. The lowest BCUT2D eigenvalue weighted by atomic mass is 10.7. The second kappa shape index (κ2) is 6.12. The summed E-state index contributed by atoms with van der Waals surface area (Å²) in [5.41, 5.74) is 0. The lowest BCUT2D eigenvalue weighted by molar-refractivity contribution is -0.147. The standard InChI is InChI=1S/C7H10O3/c1-3-5-10-7(8)6-9-4-2/h1H,4-6H2,2H3. The van der Waals surface area contributed by atoms with Crippen LogP contribution in [-0.4, -0.2) is 25.8 Å². The summed E-state index contributed by atoms with van der Waals surface area (Å²) in [7, 11) is 0. The van der Waals surface area contributed by atoms with Crippen molar-refractivity contribution in [1.29, 1.82) is 0 Å². The van der Waals surface area contributed by atoms with Gasteiger partial charge in [-0.15, -0.1) is 6.42 Å². The summed E-state index contributed by atoms with van der Waals surface area (Å²) in [6.07, 6.45) is 4.84. The van der Waals surface area contributed by atoms with Gasteiger partial charge in [-0.3, -0.25) is 0 Å². The molecule has 0 aliphatic rings. The molecule has 0 saturated carbocycles. The Morgan fingerprint density at radius 2 is 2.40 bits per heavy atom. The predicted molar refractivity (Wildman–Crippen MR) is 36.3 cm³/mol. The first-order valence-electron chi connectivity index (χ1n) is 2.98. The fraction of sp³-hybridized carbons (Fsp3) is 0.571. The molecule has 0 heterocycles. The molecule has 10 heavy (non-hydrogen) atoms. The predicted octanol–water partition coefficient (Wildman–Crippen LogP) is 0.199. The van der Waals surface area contributed by atoms with Gasteiger partial charge in [-0.25, -0.2) is 4.79 Å². The van der Waals surface area contributed by atoms with E-state index in [2.05, 4.69) is 10.7 Å². The van der Waals surface area contributed by atoms with Crippen molar-refractivity contribution >= 4 is 5.97 Å². The van der Waals surface area contributed by atoms with Crippen molar-refractivity contribution in [2.75, 3.05) is 19.8 Å². The van der Waals surface area contributed by atoms with Crippen LogP contribution < -0.4 is 0 Å². The molecule has 0 unspecified atom stereocenters. The summed E-state index contributed by atoms with van der Waals surface area (Å²) >= 11 is 0. The SMILES string of the molecule is C#CCOC(=O)COCC. The molecule has 56 valence electrons. The number of carbonyl (C=O) groups excluding carboxylic acids is 1. The summed E-state index contributed by atoms with van der Waals surface area (Å²) in [6, 6.07) is 0. The van der Waals surface area contributed by atoms with Crippen molar-refractivity contribution in [2.45, 2.75) is 6.92 Å². The minimum atomic E-state index is -0.417. The fourth-order valence-corrected chi connectivity index (χ4v) is 0.349. The van der Waals surface area contributed by atoms with Crippen LogP contribution in [0.1, 0.15) is 6.92 Å². The summed E-state index contributed by atoms with van der Waals surface area (Å²) in [6.45, 7) is 2.31. The van der Waals surface area contributed by atoms with E-state index in [1.54, 1.807) is 6.92 Å². The van der Waals surface area contributed by atoms with Crippen molar-refractivity contribution in [3.8, 4) is 12.3 Å². The Hall–Kier alpha value is -1.01. The molecule has 0 radical (unpaired) electrons.